The predicted molar refractivity (Wildman–Crippen MR) is 55.9 cm³/mol. The minimum Gasteiger partial charge on any atom is -0.381 e. The van der Waals surface area contributed by atoms with E-state index in [4.69, 9.17) is 5.73 Å². The van der Waals surface area contributed by atoms with Crippen LogP contribution in [0.15, 0.2) is 18.2 Å². The minimum atomic E-state index is 0.487. The third-order valence-electron chi connectivity index (χ3n) is 2.32. The second kappa shape index (κ2) is 3.26. The van der Waals surface area contributed by atoms with Crippen LogP contribution in [0.4, 0.5) is 11.4 Å². The van der Waals surface area contributed by atoms with Crippen LogP contribution in [0.25, 0.3) is 0 Å². The first kappa shape index (κ1) is 8.38. The van der Waals surface area contributed by atoms with E-state index in [1.54, 1.807) is 0 Å². The third kappa shape index (κ3) is 1.60. The molecule has 0 spiro atoms. The number of nitrogens with two attached hydrogens (primary N) is 1. The summed E-state index contributed by atoms with van der Waals surface area (Å²) in [7, 11) is 0. The lowest BCUT2D eigenvalue weighted by atomic mass is 10.1. The normalized spacial score (nSPS) is 20.0. The zero-order valence-electron chi connectivity index (χ0n) is 7.80. The second-order valence-corrected chi connectivity index (χ2v) is 3.51. The molecular formula is C10H15N3. The Hall–Kier alpha value is -1.22. The van der Waals surface area contributed by atoms with Gasteiger partial charge in [-0.25, -0.2) is 0 Å². The lowest BCUT2D eigenvalue weighted by Crippen LogP contribution is -2.30. The van der Waals surface area contributed by atoms with E-state index < -0.39 is 0 Å². The molecule has 4 N–H and O–H groups in total. The van der Waals surface area contributed by atoms with Crippen LogP contribution in [-0.2, 0) is 6.54 Å². The molecule has 1 aromatic carbocycles. The topological polar surface area (TPSA) is 50.1 Å². The Bertz CT molecular complexity index is 309. The summed E-state index contributed by atoms with van der Waals surface area (Å²) < 4.78 is 0. The van der Waals surface area contributed by atoms with Gasteiger partial charge in [0.15, 0.2) is 0 Å². The molecule has 1 heterocycles. The molecule has 1 aromatic rings. The molecule has 3 heteroatoms. The molecule has 0 radical (unpaired) electrons. The highest BCUT2D eigenvalue weighted by Gasteiger charge is 2.12. The van der Waals surface area contributed by atoms with Gasteiger partial charge in [-0.3, -0.25) is 0 Å². The Morgan fingerprint density at radius 2 is 2.31 bits per heavy atom. The van der Waals surface area contributed by atoms with Gasteiger partial charge in [-0.2, -0.15) is 0 Å². The van der Waals surface area contributed by atoms with Crippen molar-refractivity contribution in [1.82, 2.24) is 0 Å². The van der Waals surface area contributed by atoms with Crippen LogP contribution in [0, 0.1) is 0 Å². The number of rotatable bonds is 1. The molecule has 70 valence electrons. The highest BCUT2D eigenvalue weighted by Crippen LogP contribution is 2.26. The van der Waals surface area contributed by atoms with Crippen LogP contribution in [0.3, 0.4) is 0 Å². The van der Waals surface area contributed by atoms with E-state index in [2.05, 4.69) is 35.8 Å². The second-order valence-electron chi connectivity index (χ2n) is 3.51. The van der Waals surface area contributed by atoms with Crippen LogP contribution in [0.5, 0.6) is 0 Å². The van der Waals surface area contributed by atoms with Crippen molar-refractivity contribution in [2.45, 2.75) is 19.5 Å². The quantitative estimate of drug-likeness (QED) is 0.607. The molecule has 0 saturated carbocycles. The fourth-order valence-electron chi connectivity index (χ4n) is 1.57. The predicted octanol–water partition coefficient (Wildman–Crippen LogP) is 1.37. The summed E-state index contributed by atoms with van der Waals surface area (Å²) in [4.78, 5) is 0. The van der Waals surface area contributed by atoms with E-state index in [1.165, 1.54) is 16.9 Å². The van der Waals surface area contributed by atoms with Crippen molar-refractivity contribution in [2.75, 3.05) is 17.2 Å². The highest BCUT2D eigenvalue weighted by molar-refractivity contribution is 5.72. The maximum Gasteiger partial charge on any atom is 0.0581 e. The van der Waals surface area contributed by atoms with Crippen molar-refractivity contribution in [3.8, 4) is 0 Å². The molecule has 0 aromatic heterocycles. The molecule has 0 fully saturated rings. The van der Waals surface area contributed by atoms with E-state index in [0.29, 0.717) is 12.6 Å². The van der Waals surface area contributed by atoms with Crippen molar-refractivity contribution in [1.29, 1.82) is 0 Å². The van der Waals surface area contributed by atoms with Crippen molar-refractivity contribution >= 4 is 11.4 Å². The zero-order chi connectivity index (χ0) is 9.26. The maximum atomic E-state index is 5.57. The zero-order valence-corrected chi connectivity index (χ0v) is 7.80. The smallest absolute Gasteiger partial charge is 0.0581 e. The van der Waals surface area contributed by atoms with E-state index in [0.717, 1.165) is 6.54 Å². The monoisotopic (exact) mass is 177 g/mol. The van der Waals surface area contributed by atoms with E-state index in [-0.39, 0.29) is 0 Å². The van der Waals surface area contributed by atoms with Gasteiger partial charge in [0.05, 0.1) is 11.4 Å². The number of nitrogens with one attached hydrogen (secondary N) is 2. The summed E-state index contributed by atoms with van der Waals surface area (Å²) >= 11 is 0. The number of hydrogen-bond donors (Lipinski definition) is 3. The third-order valence-corrected chi connectivity index (χ3v) is 2.32. The fraction of sp³-hybridized carbons (Fsp3) is 0.400. The van der Waals surface area contributed by atoms with Crippen LogP contribution in [0.1, 0.15) is 12.5 Å². The summed E-state index contributed by atoms with van der Waals surface area (Å²) in [6.07, 6.45) is 0. The first-order valence-corrected chi connectivity index (χ1v) is 4.63. The average Bonchev–Trinajstić information content (AvgIpc) is 2.16. The first-order chi connectivity index (χ1) is 6.29. The number of fused-ring (bicyclic) bond motifs is 1. The molecule has 0 saturated heterocycles. The van der Waals surface area contributed by atoms with Gasteiger partial charge in [-0.1, -0.05) is 6.07 Å². The fourth-order valence-corrected chi connectivity index (χ4v) is 1.57. The molecule has 0 bridgehead atoms. The van der Waals surface area contributed by atoms with Crippen molar-refractivity contribution in [3.63, 3.8) is 0 Å². The summed E-state index contributed by atoms with van der Waals surface area (Å²) in [6, 6.07) is 6.73. The molecule has 3 nitrogen and oxygen atoms in total. The lowest BCUT2D eigenvalue weighted by molar-refractivity contribution is 0.817. The molecule has 1 unspecified atom stereocenters. The van der Waals surface area contributed by atoms with Crippen molar-refractivity contribution < 1.29 is 0 Å². The molecule has 0 amide bonds. The van der Waals surface area contributed by atoms with Gasteiger partial charge >= 0.3 is 0 Å². The van der Waals surface area contributed by atoms with Crippen molar-refractivity contribution in [3.05, 3.63) is 23.8 Å². The van der Waals surface area contributed by atoms with Gasteiger partial charge in [0, 0.05) is 19.1 Å². The molecule has 1 aliphatic rings. The van der Waals surface area contributed by atoms with E-state index >= 15 is 0 Å². The molecule has 13 heavy (non-hydrogen) atoms. The Morgan fingerprint density at radius 1 is 1.46 bits per heavy atom. The standard InChI is InChI=1S/C10H15N3/c1-7-6-12-9-3-2-8(5-11)4-10(9)13-7/h2-4,7,12-13H,5-6,11H2,1H3. The lowest BCUT2D eigenvalue weighted by Gasteiger charge is -2.26. The average molecular weight is 177 g/mol. The summed E-state index contributed by atoms with van der Waals surface area (Å²) in [6.45, 7) is 3.74. The van der Waals surface area contributed by atoms with Gasteiger partial charge in [0.2, 0.25) is 0 Å². The largest absolute Gasteiger partial charge is 0.381 e. The maximum absolute atomic E-state index is 5.57. The molecule has 2 rings (SSSR count). The molecule has 1 aliphatic heterocycles. The summed E-state index contributed by atoms with van der Waals surface area (Å²) in [5, 5.41) is 6.78. The Balaban J connectivity index is 2.32. The Morgan fingerprint density at radius 3 is 3.08 bits per heavy atom. The van der Waals surface area contributed by atoms with E-state index in [9.17, 15) is 0 Å². The molecule has 1 atom stereocenters. The highest BCUT2D eigenvalue weighted by atomic mass is 15.1. The van der Waals surface area contributed by atoms with Crippen LogP contribution in [-0.4, -0.2) is 12.6 Å². The SMILES string of the molecule is CC1CNc2ccc(CN)cc2N1. The summed E-state index contributed by atoms with van der Waals surface area (Å²) in [5.41, 5.74) is 9.08. The van der Waals surface area contributed by atoms with Gasteiger partial charge in [0.25, 0.3) is 0 Å². The van der Waals surface area contributed by atoms with Crippen LogP contribution >= 0.6 is 0 Å². The number of benzene rings is 1. The van der Waals surface area contributed by atoms with E-state index in [1.807, 2.05) is 0 Å². The van der Waals surface area contributed by atoms with Crippen LogP contribution < -0.4 is 16.4 Å². The summed E-state index contributed by atoms with van der Waals surface area (Å²) in [5.74, 6) is 0. The van der Waals surface area contributed by atoms with Gasteiger partial charge in [0.1, 0.15) is 0 Å². The minimum absolute atomic E-state index is 0.487. The first-order valence-electron chi connectivity index (χ1n) is 4.63. The van der Waals surface area contributed by atoms with Crippen molar-refractivity contribution in [2.24, 2.45) is 5.73 Å². The van der Waals surface area contributed by atoms with Gasteiger partial charge in [-0.15, -0.1) is 0 Å². The van der Waals surface area contributed by atoms with Gasteiger partial charge in [-0.05, 0) is 24.6 Å². The van der Waals surface area contributed by atoms with Gasteiger partial charge < -0.3 is 16.4 Å². The van der Waals surface area contributed by atoms with Crippen LogP contribution in [0.2, 0.25) is 0 Å². The number of anilines is 2. The Kier molecular flexibility index (Phi) is 2.10. The Labute approximate surface area is 78.3 Å². The molecule has 0 aliphatic carbocycles. The number of hydrogen-bond acceptors (Lipinski definition) is 3. The molecular weight excluding hydrogens is 162 g/mol.